The average molecular weight is 433 g/mol. The zero-order chi connectivity index (χ0) is 22.8. The first-order valence-corrected chi connectivity index (χ1v) is 10.3. The summed E-state index contributed by atoms with van der Waals surface area (Å²) >= 11 is 0. The van der Waals surface area contributed by atoms with Crippen molar-refractivity contribution >= 4 is 39.1 Å². The van der Waals surface area contributed by atoms with Gasteiger partial charge in [0, 0.05) is 40.1 Å². The van der Waals surface area contributed by atoms with Crippen molar-refractivity contribution in [2.75, 3.05) is 19.0 Å². The van der Waals surface area contributed by atoms with Crippen LogP contribution in [0.15, 0.2) is 54.6 Å². The summed E-state index contributed by atoms with van der Waals surface area (Å²) in [6.07, 6.45) is 0. The molecule has 0 bridgehead atoms. The number of nitrogens with one attached hydrogen (secondary N) is 1. The van der Waals surface area contributed by atoms with Crippen molar-refractivity contribution < 1.29 is 19.2 Å². The monoisotopic (exact) mass is 433 g/mol. The Morgan fingerprint density at radius 1 is 1.03 bits per heavy atom. The molecule has 3 aromatic carbocycles. The Morgan fingerprint density at radius 2 is 1.78 bits per heavy atom. The third-order valence-corrected chi connectivity index (χ3v) is 5.37. The van der Waals surface area contributed by atoms with Gasteiger partial charge in [-0.05, 0) is 38.1 Å². The van der Waals surface area contributed by atoms with E-state index in [1.54, 1.807) is 13.0 Å². The van der Waals surface area contributed by atoms with Crippen molar-refractivity contribution in [3.8, 4) is 11.5 Å². The highest BCUT2D eigenvalue weighted by Gasteiger charge is 2.25. The van der Waals surface area contributed by atoms with Gasteiger partial charge >= 0.3 is 0 Å². The highest BCUT2D eigenvalue weighted by atomic mass is 16.6. The van der Waals surface area contributed by atoms with E-state index < -0.39 is 10.8 Å². The molecule has 4 aromatic rings. The predicted molar refractivity (Wildman–Crippen MR) is 124 cm³/mol. The number of aryl methyl sites for hydroxylation is 1. The lowest BCUT2D eigenvalue weighted by molar-refractivity contribution is -0.385. The van der Waals surface area contributed by atoms with Gasteiger partial charge in [-0.25, -0.2) is 0 Å². The van der Waals surface area contributed by atoms with Crippen LogP contribution in [0.5, 0.6) is 11.5 Å². The summed E-state index contributed by atoms with van der Waals surface area (Å²) in [4.78, 5) is 24.0. The maximum atomic E-state index is 13.0. The van der Waals surface area contributed by atoms with Gasteiger partial charge in [0.2, 0.25) is 0 Å². The number of rotatable bonds is 7. The summed E-state index contributed by atoms with van der Waals surface area (Å²) in [5.74, 6) is -0.130. The summed E-state index contributed by atoms with van der Waals surface area (Å²) in [5.41, 5.74) is 2.26. The molecule has 1 aromatic heterocycles. The van der Waals surface area contributed by atoms with Gasteiger partial charge in [0.25, 0.3) is 11.6 Å². The fourth-order valence-corrected chi connectivity index (χ4v) is 3.98. The number of nitro groups is 1. The quantitative estimate of drug-likeness (QED) is 0.312. The standard InChI is InChI=1S/C24H23N3O5/c1-4-26-19-9-7-6-8-16(19)17-12-15(10-11-20(17)26)25-24(28)18-13-23(32-5-2)22(31-3)14-21(18)27(29)30/h6-14H,4-5H2,1-3H3,(H,25,28). The van der Waals surface area contributed by atoms with E-state index in [1.807, 2.05) is 30.3 Å². The summed E-state index contributed by atoms with van der Waals surface area (Å²) < 4.78 is 12.9. The zero-order valence-corrected chi connectivity index (χ0v) is 18.0. The van der Waals surface area contributed by atoms with E-state index in [2.05, 4.69) is 22.9 Å². The van der Waals surface area contributed by atoms with E-state index in [0.29, 0.717) is 12.3 Å². The average Bonchev–Trinajstić information content (AvgIpc) is 3.11. The Balaban J connectivity index is 1.76. The molecule has 1 heterocycles. The minimum atomic E-state index is -0.606. The predicted octanol–water partition coefficient (Wildman–Crippen LogP) is 5.38. The molecule has 0 saturated carbocycles. The first-order chi connectivity index (χ1) is 15.5. The van der Waals surface area contributed by atoms with Crippen molar-refractivity contribution in [2.24, 2.45) is 0 Å². The fraction of sp³-hybridized carbons (Fsp3) is 0.208. The molecule has 0 aliphatic rings. The lowest BCUT2D eigenvalue weighted by atomic mass is 10.1. The molecular weight excluding hydrogens is 410 g/mol. The largest absolute Gasteiger partial charge is 0.493 e. The number of carbonyl (C=O) groups excluding carboxylic acids is 1. The maximum Gasteiger partial charge on any atom is 0.286 e. The van der Waals surface area contributed by atoms with Gasteiger partial charge in [0.05, 0.1) is 24.7 Å². The van der Waals surface area contributed by atoms with Crippen LogP contribution < -0.4 is 14.8 Å². The number of hydrogen-bond donors (Lipinski definition) is 1. The van der Waals surface area contributed by atoms with Crippen LogP contribution in [0.2, 0.25) is 0 Å². The minimum absolute atomic E-state index is 0.102. The van der Waals surface area contributed by atoms with Crippen LogP contribution in [0.3, 0.4) is 0 Å². The Hall–Kier alpha value is -4.07. The van der Waals surface area contributed by atoms with Crippen molar-refractivity contribution in [3.05, 3.63) is 70.3 Å². The second kappa shape index (κ2) is 8.58. The number of nitrogens with zero attached hydrogens (tertiary/aromatic N) is 2. The number of anilines is 1. The molecule has 1 amide bonds. The number of hydrogen-bond acceptors (Lipinski definition) is 5. The Morgan fingerprint density at radius 3 is 2.47 bits per heavy atom. The van der Waals surface area contributed by atoms with E-state index >= 15 is 0 Å². The Bertz CT molecular complexity index is 1340. The molecule has 164 valence electrons. The zero-order valence-electron chi connectivity index (χ0n) is 18.0. The van der Waals surface area contributed by atoms with Gasteiger partial charge in [-0.2, -0.15) is 0 Å². The minimum Gasteiger partial charge on any atom is -0.493 e. The second-order valence-corrected chi connectivity index (χ2v) is 7.16. The SMILES string of the molecule is CCOc1cc(C(=O)Nc2ccc3c(c2)c2ccccc2n3CC)c([N+](=O)[O-])cc1OC. The van der Waals surface area contributed by atoms with Crippen molar-refractivity contribution in [1.82, 2.24) is 4.57 Å². The van der Waals surface area contributed by atoms with E-state index in [4.69, 9.17) is 9.47 Å². The molecule has 0 fully saturated rings. The summed E-state index contributed by atoms with van der Waals surface area (Å²) in [6.45, 7) is 5.00. The molecule has 0 unspecified atom stereocenters. The van der Waals surface area contributed by atoms with Crippen LogP contribution in [-0.4, -0.2) is 29.1 Å². The molecule has 8 heteroatoms. The van der Waals surface area contributed by atoms with Gasteiger partial charge in [0.15, 0.2) is 11.5 Å². The number of amides is 1. The van der Waals surface area contributed by atoms with E-state index in [-0.39, 0.29) is 22.7 Å². The summed E-state index contributed by atoms with van der Waals surface area (Å²) in [6, 6.07) is 16.3. The normalized spacial score (nSPS) is 11.0. The smallest absolute Gasteiger partial charge is 0.286 e. The van der Waals surface area contributed by atoms with E-state index in [9.17, 15) is 14.9 Å². The molecule has 0 aliphatic carbocycles. The number of para-hydroxylation sites is 1. The number of fused-ring (bicyclic) bond motifs is 3. The van der Waals surface area contributed by atoms with Gasteiger partial charge in [0.1, 0.15) is 5.56 Å². The van der Waals surface area contributed by atoms with Crippen LogP contribution in [0, 0.1) is 10.1 Å². The maximum absolute atomic E-state index is 13.0. The van der Waals surface area contributed by atoms with Gasteiger partial charge in [-0.15, -0.1) is 0 Å². The molecule has 4 rings (SSSR count). The highest BCUT2D eigenvalue weighted by molar-refractivity contribution is 6.12. The fourth-order valence-electron chi connectivity index (χ4n) is 3.98. The lowest BCUT2D eigenvalue weighted by Gasteiger charge is -2.12. The number of nitro benzene ring substituents is 1. The number of methoxy groups -OCH3 is 1. The third-order valence-electron chi connectivity index (χ3n) is 5.37. The second-order valence-electron chi connectivity index (χ2n) is 7.16. The molecule has 1 N–H and O–H groups in total. The molecule has 0 atom stereocenters. The van der Waals surface area contributed by atoms with Crippen LogP contribution >= 0.6 is 0 Å². The first kappa shape index (κ1) is 21.2. The van der Waals surface area contributed by atoms with E-state index in [0.717, 1.165) is 28.4 Å². The van der Waals surface area contributed by atoms with Gasteiger partial charge < -0.3 is 19.4 Å². The molecular formula is C24H23N3O5. The third kappa shape index (κ3) is 3.60. The number of ether oxygens (including phenoxy) is 2. The molecule has 0 radical (unpaired) electrons. The van der Waals surface area contributed by atoms with Crippen molar-refractivity contribution in [3.63, 3.8) is 0 Å². The molecule has 0 saturated heterocycles. The number of carbonyl (C=O) groups is 1. The van der Waals surface area contributed by atoms with Gasteiger partial charge in [-0.1, -0.05) is 18.2 Å². The van der Waals surface area contributed by atoms with Crippen LogP contribution in [-0.2, 0) is 6.54 Å². The first-order valence-electron chi connectivity index (χ1n) is 10.3. The molecule has 0 aliphatic heterocycles. The van der Waals surface area contributed by atoms with Crippen molar-refractivity contribution in [1.29, 1.82) is 0 Å². The van der Waals surface area contributed by atoms with E-state index in [1.165, 1.54) is 19.2 Å². The van der Waals surface area contributed by atoms with Crippen molar-refractivity contribution in [2.45, 2.75) is 20.4 Å². The lowest BCUT2D eigenvalue weighted by Crippen LogP contribution is -2.14. The Kier molecular flexibility index (Phi) is 5.68. The summed E-state index contributed by atoms with van der Waals surface area (Å²) in [7, 11) is 1.39. The van der Waals surface area contributed by atoms with Crippen LogP contribution in [0.4, 0.5) is 11.4 Å². The van der Waals surface area contributed by atoms with Crippen LogP contribution in [0.1, 0.15) is 24.2 Å². The summed E-state index contributed by atoms with van der Waals surface area (Å²) in [5, 5.41) is 16.5. The number of benzene rings is 3. The molecule has 8 nitrogen and oxygen atoms in total. The topological polar surface area (TPSA) is 95.6 Å². The Labute approximate surface area is 184 Å². The number of aromatic nitrogens is 1. The van der Waals surface area contributed by atoms with Crippen LogP contribution in [0.25, 0.3) is 21.8 Å². The molecule has 32 heavy (non-hydrogen) atoms. The van der Waals surface area contributed by atoms with Gasteiger partial charge in [-0.3, -0.25) is 14.9 Å². The molecule has 0 spiro atoms. The highest BCUT2D eigenvalue weighted by Crippen LogP contribution is 2.36.